The first-order chi connectivity index (χ1) is 9.51. The Kier molecular flexibility index (Phi) is 6.37. The minimum absolute atomic E-state index is 0.0145. The Morgan fingerprint density at radius 2 is 1.85 bits per heavy atom. The zero-order valence-electron chi connectivity index (χ0n) is 12.4. The first-order valence-corrected chi connectivity index (χ1v) is 7.09. The van der Waals surface area contributed by atoms with Gasteiger partial charge in [-0.2, -0.15) is 0 Å². The highest BCUT2D eigenvalue weighted by atomic mass is 16.1. The number of hydrogen-bond acceptors (Lipinski definition) is 2. The summed E-state index contributed by atoms with van der Waals surface area (Å²) < 4.78 is 0. The van der Waals surface area contributed by atoms with Crippen LogP contribution in [0.5, 0.6) is 0 Å². The summed E-state index contributed by atoms with van der Waals surface area (Å²) in [6, 6.07) is 0. The van der Waals surface area contributed by atoms with Crippen LogP contribution in [0.2, 0.25) is 0 Å². The van der Waals surface area contributed by atoms with Gasteiger partial charge in [-0.15, -0.1) is 0 Å². The van der Waals surface area contributed by atoms with Gasteiger partial charge in [-0.1, -0.05) is 50.0 Å². The molecule has 108 valence electrons. The molecule has 3 atom stereocenters. The fraction of sp³-hybridized carbons (Fsp3) is 0.444. The number of fused-ring (bicyclic) bond motifs is 2. The van der Waals surface area contributed by atoms with E-state index < -0.39 is 0 Å². The van der Waals surface area contributed by atoms with E-state index in [1.165, 1.54) is 6.42 Å². The van der Waals surface area contributed by atoms with Crippen molar-refractivity contribution in [3.63, 3.8) is 0 Å². The predicted octanol–water partition coefficient (Wildman–Crippen LogP) is 4.05. The Labute approximate surface area is 122 Å². The number of hydrogen-bond donors (Lipinski definition) is 0. The Balaban J connectivity index is 0.000000170. The van der Waals surface area contributed by atoms with Gasteiger partial charge in [0.25, 0.3) is 0 Å². The molecule has 20 heavy (non-hydrogen) atoms. The maximum atomic E-state index is 10.7. The maximum absolute atomic E-state index is 10.7. The number of carbonyl (C=O) groups is 2. The molecule has 0 aliphatic heterocycles. The quantitative estimate of drug-likeness (QED) is 0.432. The third-order valence-electron chi connectivity index (χ3n) is 3.85. The molecule has 3 aliphatic rings. The molecule has 0 aromatic rings. The van der Waals surface area contributed by atoms with Gasteiger partial charge in [0.15, 0.2) is 0 Å². The van der Waals surface area contributed by atoms with Gasteiger partial charge in [0.05, 0.1) is 0 Å². The molecule has 0 aromatic heterocycles. The van der Waals surface area contributed by atoms with Crippen LogP contribution in [0.1, 0.15) is 33.1 Å². The summed E-state index contributed by atoms with van der Waals surface area (Å²) >= 11 is 0. The third kappa shape index (κ3) is 4.76. The second-order valence-corrected chi connectivity index (χ2v) is 5.87. The zero-order chi connectivity index (χ0) is 15.0. The first-order valence-electron chi connectivity index (χ1n) is 7.09. The minimum atomic E-state index is -0.0145. The molecule has 3 rings (SSSR count). The van der Waals surface area contributed by atoms with Crippen LogP contribution in [0.25, 0.3) is 0 Å². The Hall–Kier alpha value is -1.70. The standard InChI is InChI=1S/C9H12O.C5H6.C4H6O/c1-9(6-10)5-7-2-3-8(9)4-7;1-2-4-5-3-1;1-4(2)3-5/h2-3,6-8H,4-5H2,1H3;1-4H,5H2;3H,1H2,2H3/t7?,8-,9+;;/m0../s1. The number of rotatable bonds is 2. The van der Waals surface area contributed by atoms with Gasteiger partial charge in [0.2, 0.25) is 0 Å². The molecule has 2 bridgehead atoms. The molecule has 0 saturated heterocycles. The second kappa shape index (κ2) is 7.78. The monoisotopic (exact) mass is 272 g/mol. The van der Waals surface area contributed by atoms with Crippen LogP contribution < -0.4 is 0 Å². The van der Waals surface area contributed by atoms with Crippen molar-refractivity contribution < 1.29 is 9.59 Å². The molecule has 3 aliphatic carbocycles. The maximum Gasteiger partial charge on any atom is 0.145 e. The van der Waals surface area contributed by atoms with Crippen molar-refractivity contribution in [3.8, 4) is 0 Å². The molecule has 2 nitrogen and oxygen atoms in total. The molecular formula is C18H24O2. The van der Waals surface area contributed by atoms with E-state index in [9.17, 15) is 9.59 Å². The molecule has 1 fully saturated rings. The first kappa shape index (κ1) is 16.4. The van der Waals surface area contributed by atoms with Gasteiger partial charge >= 0.3 is 0 Å². The van der Waals surface area contributed by atoms with Crippen LogP contribution in [-0.2, 0) is 9.59 Å². The number of allylic oxidation sites excluding steroid dienone is 7. The van der Waals surface area contributed by atoms with Crippen molar-refractivity contribution in [2.45, 2.75) is 33.1 Å². The minimum Gasteiger partial charge on any atom is -0.303 e. The fourth-order valence-electron chi connectivity index (χ4n) is 2.66. The molecule has 0 amide bonds. The average molecular weight is 272 g/mol. The highest BCUT2D eigenvalue weighted by Crippen LogP contribution is 2.50. The summed E-state index contributed by atoms with van der Waals surface area (Å²) in [6.07, 6.45) is 18.1. The smallest absolute Gasteiger partial charge is 0.145 e. The highest BCUT2D eigenvalue weighted by Gasteiger charge is 2.44. The average Bonchev–Trinajstić information content (AvgIpc) is 3.18. The molecule has 0 aromatic carbocycles. The molecule has 2 heteroatoms. The lowest BCUT2D eigenvalue weighted by atomic mass is 9.79. The van der Waals surface area contributed by atoms with Gasteiger partial charge in [-0.3, -0.25) is 4.79 Å². The van der Waals surface area contributed by atoms with Crippen LogP contribution in [0.3, 0.4) is 0 Å². The molecular weight excluding hydrogens is 248 g/mol. The van der Waals surface area contributed by atoms with Crippen LogP contribution in [0, 0.1) is 17.3 Å². The molecule has 1 unspecified atom stereocenters. The normalized spacial score (nSPS) is 31.1. The third-order valence-corrected chi connectivity index (χ3v) is 3.85. The van der Waals surface area contributed by atoms with E-state index in [-0.39, 0.29) is 5.41 Å². The molecule has 0 spiro atoms. The predicted molar refractivity (Wildman–Crippen MR) is 83.3 cm³/mol. The Morgan fingerprint density at radius 1 is 1.25 bits per heavy atom. The van der Waals surface area contributed by atoms with Gasteiger partial charge in [0.1, 0.15) is 12.6 Å². The highest BCUT2D eigenvalue weighted by molar-refractivity contribution is 5.70. The van der Waals surface area contributed by atoms with Crippen LogP contribution >= 0.6 is 0 Å². The summed E-state index contributed by atoms with van der Waals surface area (Å²) in [5.41, 5.74) is 0.560. The lowest BCUT2D eigenvalue weighted by Gasteiger charge is -2.23. The van der Waals surface area contributed by atoms with Gasteiger partial charge in [-0.25, -0.2) is 0 Å². The molecule has 0 N–H and O–H groups in total. The largest absolute Gasteiger partial charge is 0.303 e. The van der Waals surface area contributed by atoms with Crippen molar-refractivity contribution in [1.29, 1.82) is 0 Å². The van der Waals surface area contributed by atoms with Crippen molar-refractivity contribution in [1.82, 2.24) is 0 Å². The summed E-state index contributed by atoms with van der Waals surface area (Å²) in [6.45, 7) is 7.04. The second-order valence-electron chi connectivity index (χ2n) is 5.87. The molecule has 1 saturated carbocycles. The Morgan fingerprint density at radius 3 is 2.05 bits per heavy atom. The number of aldehydes is 2. The lowest BCUT2D eigenvalue weighted by molar-refractivity contribution is -0.116. The topological polar surface area (TPSA) is 34.1 Å². The summed E-state index contributed by atoms with van der Waals surface area (Å²) in [5.74, 6) is 1.26. The van der Waals surface area contributed by atoms with Gasteiger partial charge in [-0.05, 0) is 43.6 Å². The van der Waals surface area contributed by atoms with E-state index in [1.54, 1.807) is 6.92 Å². The van der Waals surface area contributed by atoms with Gasteiger partial charge < -0.3 is 4.79 Å². The SMILES string of the molecule is C1=CCC=C1.C=C(C)C=O.C[C@]1(C=O)CC2C=C[C@H]1C2. The zero-order valence-corrected chi connectivity index (χ0v) is 12.4. The van der Waals surface area contributed by atoms with Crippen molar-refractivity contribution in [3.05, 3.63) is 48.6 Å². The van der Waals surface area contributed by atoms with Crippen molar-refractivity contribution >= 4 is 12.6 Å². The van der Waals surface area contributed by atoms with Crippen molar-refractivity contribution in [2.24, 2.45) is 17.3 Å². The Bertz CT molecular complexity index is 432. The van der Waals surface area contributed by atoms with E-state index >= 15 is 0 Å². The molecule has 0 heterocycles. The van der Waals surface area contributed by atoms with E-state index in [1.807, 2.05) is 0 Å². The van der Waals surface area contributed by atoms with Crippen LogP contribution in [0.4, 0.5) is 0 Å². The van der Waals surface area contributed by atoms with E-state index in [0.29, 0.717) is 17.4 Å². The van der Waals surface area contributed by atoms with Crippen LogP contribution in [-0.4, -0.2) is 12.6 Å². The van der Waals surface area contributed by atoms with E-state index in [4.69, 9.17) is 0 Å². The van der Waals surface area contributed by atoms with E-state index in [2.05, 4.69) is 50.0 Å². The summed E-state index contributed by atoms with van der Waals surface area (Å²) in [7, 11) is 0. The molecule has 0 radical (unpaired) electrons. The van der Waals surface area contributed by atoms with E-state index in [0.717, 1.165) is 25.4 Å². The fourth-order valence-corrected chi connectivity index (χ4v) is 2.66. The summed E-state index contributed by atoms with van der Waals surface area (Å²) in [5, 5.41) is 0. The summed E-state index contributed by atoms with van der Waals surface area (Å²) in [4.78, 5) is 20.1. The number of carbonyl (C=O) groups excluding carboxylic acids is 2. The van der Waals surface area contributed by atoms with Crippen molar-refractivity contribution in [2.75, 3.05) is 0 Å². The van der Waals surface area contributed by atoms with Gasteiger partial charge in [0, 0.05) is 5.41 Å². The van der Waals surface area contributed by atoms with Crippen LogP contribution in [0.15, 0.2) is 48.6 Å². The lowest BCUT2D eigenvalue weighted by Crippen LogP contribution is -2.22.